The Labute approximate surface area is 219 Å². The lowest BCUT2D eigenvalue weighted by molar-refractivity contribution is 0.0877. The largest absolute Gasteiger partial charge is 0.493 e. The zero-order valence-electron chi connectivity index (χ0n) is 19.4. The molecule has 2 fully saturated rings. The van der Waals surface area contributed by atoms with Crippen LogP contribution in [-0.4, -0.2) is 41.6 Å². The molecule has 3 aliphatic heterocycles. The first-order valence-electron chi connectivity index (χ1n) is 12.3. The van der Waals surface area contributed by atoms with Crippen molar-refractivity contribution in [1.29, 1.82) is 0 Å². The van der Waals surface area contributed by atoms with Crippen LogP contribution in [0.5, 0.6) is 11.5 Å². The predicted molar refractivity (Wildman–Crippen MR) is 144 cm³/mol. The molecule has 3 aliphatic rings. The predicted octanol–water partition coefficient (Wildman–Crippen LogP) is 6.71. The van der Waals surface area contributed by atoms with E-state index < -0.39 is 0 Å². The molecular formula is C29H28BrNO3S. The monoisotopic (exact) mass is 549 g/mol. The van der Waals surface area contributed by atoms with E-state index in [1.807, 2.05) is 48.2 Å². The van der Waals surface area contributed by atoms with Gasteiger partial charge in [0.25, 0.3) is 0 Å². The summed E-state index contributed by atoms with van der Waals surface area (Å²) in [6, 6.07) is 24.7. The average Bonchev–Trinajstić information content (AvgIpc) is 3.47. The molecule has 0 radical (unpaired) electrons. The van der Waals surface area contributed by atoms with Gasteiger partial charge in [-0.15, -0.1) is 11.8 Å². The first kappa shape index (κ1) is 23.1. The van der Waals surface area contributed by atoms with Crippen LogP contribution in [0.25, 0.3) is 0 Å². The highest BCUT2D eigenvalue weighted by Crippen LogP contribution is 2.57. The molecule has 3 aromatic carbocycles. The summed E-state index contributed by atoms with van der Waals surface area (Å²) in [6.07, 6.45) is 1.85. The summed E-state index contributed by atoms with van der Waals surface area (Å²) < 4.78 is 13.6. The molecule has 6 rings (SSSR count). The highest BCUT2D eigenvalue weighted by atomic mass is 79.9. The van der Waals surface area contributed by atoms with E-state index in [1.165, 1.54) is 0 Å². The standard InChI is InChI=1S/C29H28BrNO3S/c30-20-13-11-19(12-14-20)29(32)27-26-21-7-1-3-9-24(21)33-15-5-6-16-34-25-10-4-2-8-22(25)28(27)31-18-35-17-23(26)31/h1-4,7-14,23,26-28H,5-6,15-18H2/t23-,26-,27+,28+/m0/s1. The Hall–Kier alpha value is -2.28. The Balaban J connectivity index is 1.56. The molecule has 2 bridgehead atoms. The fraction of sp³-hybridized carbons (Fsp3) is 0.345. The van der Waals surface area contributed by atoms with E-state index in [4.69, 9.17) is 9.47 Å². The molecule has 0 saturated carbocycles. The summed E-state index contributed by atoms with van der Waals surface area (Å²) in [5, 5.41) is 0. The van der Waals surface area contributed by atoms with Crippen LogP contribution in [0.15, 0.2) is 77.3 Å². The first-order chi connectivity index (χ1) is 17.2. The summed E-state index contributed by atoms with van der Waals surface area (Å²) in [5.41, 5.74) is 3.03. The quantitative estimate of drug-likeness (QED) is 0.332. The van der Waals surface area contributed by atoms with Gasteiger partial charge in [0.15, 0.2) is 5.78 Å². The maximum absolute atomic E-state index is 14.4. The van der Waals surface area contributed by atoms with Crippen LogP contribution in [0.4, 0.5) is 0 Å². The molecule has 4 nitrogen and oxygen atoms in total. The number of carbonyl (C=O) groups is 1. The Morgan fingerprint density at radius 2 is 1.49 bits per heavy atom. The number of hydrogen-bond donors (Lipinski definition) is 0. The molecule has 0 amide bonds. The van der Waals surface area contributed by atoms with Gasteiger partial charge in [-0.1, -0.05) is 64.5 Å². The second-order valence-corrected chi connectivity index (χ2v) is 11.3. The summed E-state index contributed by atoms with van der Waals surface area (Å²) in [6.45, 7) is 1.29. The number of para-hydroxylation sites is 2. The van der Waals surface area contributed by atoms with Gasteiger partial charge >= 0.3 is 0 Å². The molecule has 6 heteroatoms. The number of nitrogens with zero attached hydrogens (tertiary/aromatic N) is 1. The van der Waals surface area contributed by atoms with E-state index in [0.29, 0.717) is 13.2 Å². The lowest BCUT2D eigenvalue weighted by Gasteiger charge is -2.29. The number of ketones is 1. The zero-order chi connectivity index (χ0) is 23.8. The fourth-order valence-electron chi connectivity index (χ4n) is 5.91. The average molecular weight is 551 g/mol. The molecule has 4 atom stereocenters. The first-order valence-corrected chi connectivity index (χ1v) is 14.2. The van der Waals surface area contributed by atoms with Crippen LogP contribution in [0.1, 0.15) is 46.3 Å². The van der Waals surface area contributed by atoms with Crippen LogP contribution in [0, 0.1) is 5.92 Å². The number of thioether (sulfide) groups is 1. The maximum Gasteiger partial charge on any atom is 0.168 e. The SMILES string of the molecule is O=C(c1ccc(Br)cc1)[C@@H]1[C@H]2c3ccccc3OCCCCOc3ccccc3[C@H]1N1CSC[C@@H]21. The van der Waals surface area contributed by atoms with Crippen molar-refractivity contribution < 1.29 is 14.3 Å². The molecule has 180 valence electrons. The minimum Gasteiger partial charge on any atom is -0.493 e. The van der Waals surface area contributed by atoms with E-state index in [0.717, 1.165) is 57.1 Å². The molecule has 35 heavy (non-hydrogen) atoms. The smallest absolute Gasteiger partial charge is 0.168 e. The number of Topliss-reactive ketones (excluding diaryl/α,β-unsaturated/α-hetero) is 1. The third-order valence-corrected chi connectivity index (χ3v) is 9.04. The lowest BCUT2D eigenvalue weighted by atomic mass is 9.76. The number of hydrogen-bond acceptors (Lipinski definition) is 5. The van der Waals surface area contributed by atoms with E-state index >= 15 is 0 Å². The van der Waals surface area contributed by atoms with Crippen LogP contribution >= 0.6 is 27.7 Å². The van der Waals surface area contributed by atoms with Gasteiger partial charge in [0, 0.05) is 39.2 Å². The van der Waals surface area contributed by atoms with E-state index in [2.05, 4.69) is 57.2 Å². The van der Waals surface area contributed by atoms with E-state index in [-0.39, 0.29) is 29.7 Å². The van der Waals surface area contributed by atoms with Crippen molar-refractivity contribution in [3.05, 3.63) is 94.0 Å². The Morgan fingerprint density at radius 1 is 0.857 bits per heavy atom. The highest BCUT2D eigenvalue weighted by Gasteiger charge is 2.55. The molecular weight excluding hydrogens is 522 g/mol. The van der Waals surface area contributed by atoms with Crippen molar-refractivity contribution in [2.75, 3.05) is 24.8 Å². The van der Waals surface area contributed by atoms with Crippen molar-refractivity contribution in [3.63, 3.8) is 0 Å². The minimum atomic E-state index is -0.239. The topological polar surface area (TPSA) is 38.8 Å². The molecule has 0 unspecified atom stereocenters. The second-order valence-electron chi connectivity index (χ2n) is 9.43. The number of halogens is 1. The lowest BCUT2D eigenvalue weighted by Crippen LogP contribution is -2.29. The van der Waals surface area contributed by atoms with Crippen LogP contribution < -0.4 is 9.47 Å². The van der Waals surface area contributed by atoms with E-state index in [1.54, 1.807) is 0 Å². The van der Waals surface area contributed by atoms with Gasteiger partial charge in [-0.25, -0.2) is 0 Å². The maximum atomic E-state index is 14.4. The van der Waals surface area contributed by atoms with Crippen LogP contribution in [-0.2, 0) is 0 Å². The number of benzene rings is 3. The van der Waals surface area contributed by atoms with Gasteiger partial charge < -0.3 is 9.47 Å². The molecule has 3 aromatic rings. The molecule has 0 spiro atoms. The van der Waals surface area contributed by atoms with Gasteiger partial charge in [0.05, 0.1) is 25.2 Å². The van der Waals surface area contributed by atoms with Crippen molar-refractivity contribution in [3.8, 4) is 11.5 Å². The minimum absolute atomic E-state index is 0.0381. The van der Waals surface area contributed by atoms with Gasteiger partial charge in [-0.2, -0.15) is 0 Å². The van der Waals surface area contributed by atoms with Gasteiger partial charge in [0.2, 0.25) is 0 Å². The fourth-order valence-corrected chi connectivity index (χ4v) is 7.48. The van der Waals surface area contributed by atoms with Crippen LogP contribution in [0.2, 0.25) is 0 Å². The van der Waals surface area contributed by atoms with Crippen molar-refractivity contribution in [2.24, 2.45) is 5.92 Å². The summed E-state index contributed by atoms with van der Waals surface area (Å²) in [7, 11) is 0. The number of ether oxygens (including phenoxy) is 2. The molecule has 0 aromatic heterocycles. The van der Waals surface area contributed by atoms with E-state index in [9.17, 15) is 4.79 Å². The van der Waals surface area contributed by atoms with Crippen molar-refractivity contribution in [1.82, 2.24) is 4.90 Å². The van der Waals surface area contributed by atoms with Crippen molar-refractivity contribution in [2.45, 2.75) is 30.8 Å². The summed E-state index contributed by atoms with van der Waals surface area (Å²) >= 11 is 5.47. The van der Waals surface area contributed by atoms with Crippen molar-refractivity contribution >= 4 is 33.5 Å². The molecule has 2 saturated heterocycles. The summed E-state index contributed by atoms with van der Waals surface area (Å²) in [4.78, 5) is 16.9. The van der Waals surface area contributed by atoms with Crippen LogP contribution in [0.3, 0.4) is 0 Å². The summed E-state index contributed by atoms with van der Waals surface area (Å²) in [5.74, 6) is 3.71. The highest BCUT2D eigenvalue weighted by molar-refractivity contribution is 9.10. The Morgan fingerprint density at radius 3 is 2.20 bits per heavy atom. The molecule has 3 heterocycles. The number of rotatable bonds is 2. The van der Waals surface area contributed by atoms with Gasteiger partial charge in [-0.05, 0) is 42.7 Å². The van der Waals surface area contributed by atoms with Gasteiger partial charge in [0.1, 0.15) is 11.5 Å². The Kier molecular flexibility index (Phi) is 6.61. The number of fused-ring (bicyclic) bond motifs is 9. The Bertz CT molecular complexity index is 1150. The molecule has 0 aliphatic carbocycles. The third-order valence-electron chi connectivity index (χ3n) is 7.45. The third kappa shape index (κ3) is 4.30. The zero-order valence-corrected chi connectivity index (χ0v) is 21.8. The second kappa shape index (κ2) is 10.00. The van der Waals surface area contributed by atoms with Gasteiger partial charge in [-0.3, -0.25) is 9.69 Å². The molecule has 0 N–H and O–H groups in total. The normalized spacial score (nSPS) is 26.1. The number of carbonyl (C=O) groups excluding carboxylic acids is 1.